The van der Waals surface area contributed by atoms with Crippen molar-refractivity contribution < 1.29 is 21.9 Å². The molecule has 0 heterocycles. The lowest BCUT2D eigenvalue weighted by molar-refractivity contribution is 0.484. The monoisotopic (exact) mass is 361 g/mol. The first kappa shape index (κ1) is 16.9. The second-order valence-corrected chi connectivity index (χ2v) is 6.74. The van der Waals surface area contributed by atoms with Gasteiger partial charge in [0.15, 0.2) is 5.75 Å². The molecule has 0 bridgehead atoms. The van der Waals surface area contributed by atoms with Gasteiger partial charge < -0.3 is 4.74 Å². The standard InChI is InChI=1S/C18H13F2NO3S/c19-13-10-11-15(20)18(12-13)25(22,23)21-16-8-4-5-9-17(16)24-14-6-2-1-3-7-14/h1-12,21H. The van der Waals surface area contributed by atoms with E-state index in [0.29, 0.717) is 11.8 Å². The van der Waals surface area contributed by atoms with Crippen molar-refractivity contribution in [3.05, 3.63) is 84.4 Å². The molecule has 0 aromatic heterocycles. The number of rotatable bonds is 5. The maximum absolute atomic E-state index is 13.8. The molecule has 0 aliphatic carbocycles. The van der Waals surface area contributed by atoms with Crippen LogP contribution in [0.2, 0.25) is 0 Å². The van der Waals surface area contributed by atoms with Crippen LogP contribution in [0.5, 0.6) is 11.5 Å². The van der Waals surface area contributed by atoms with Crippen molar-refractivity contribution in [3.63, 3.8) is 0 Å². The number of anilines is 1. The Hall–Kier alpha value is -2.93. The van der Waals surface area contributed by atoms with Crippen LogP contribution in [0.3, 0.4) is 0 Å². The minimum absolute atomic E-state index is 0.106. The molecule has 3 aromatic rings. The Balaban J connectivity index is 1.94. The van der Waals surface area contributed by atoms with Crippen LogP contribution in [0.15, 0.2) is 77.7 Å². The first-order valence-corrected chi connectivity index (χ1v) is 8.74. The SMILES string of the molecule is O=S(=O)(Nc1ccccc1Oc1ccccc1)c1cc(F)ccc1F. The van der Waals surface area contributed by atoms with Crippen molar-refractivity contribution in [1.82, 2.24) is 0 Å². The van der Waals surface area contributed by atoms with Crippen molar-refractivity contribution in [1.29, 1.82) is 0 Å². The zero-order chi connectivity index (χ0) is 17.9. The molecule has 0 spiro atoms. The molecule has 0 aliphatic rings. The Morgan fingerprint density at radius 1 is 0.840 bits per heavy atom. The molecular weight excluding hydrogens is 348 g/mol. The molecule has 1 N–H and O–H groups in total. The van der Waals surface area contributed by atoms with Crippen LogP contribution in [-0.2, 0) is 10.0 Å². The van der Waals surface area contributed by atoms with Gasteiger partial charge in [-0.2, -0.15) is 0 Å². The number of sulfonamides is 1. The van der Waals surface area contributed by atoms with Gasteiger partial charge in [0.2, 0.25) is 0 Å². The molecule has 0 radical (unpaired) electrons. The zero-order valence-corrected chi connectivity index (χ0v) is 13.6. The number of halogens is 2. The Morgan fingerprint density at radius 3 is 2.28 bits per heavy atom. The van der Waals surface area contributed by atoms with Crippen LogP contribution >= 0.6 is 0 Å². The molecular formula is C18H13F2NO3S. The van der Waals surface area contributed by atoms with Crippen LogP contribution in [-0.4, -0.2) is 8.42 Å². The number of benzene rings is 3. The van der Waals surface area contributed by atoms with Crippen LogP contribution in [0.25, 0.3) is 0 Å². The molecule has 0 unspecified atom stereocenters. The minimum Gasteiger partial charge on any atom is -0.455 e. The third-order valence-corrected chi connectivity index (χ3v) is 4.67. The summed E-state index contributed by atoms with van der Waals surface area (Å²) < 4.78 is 59.8. The molecule has 0 amide bonds. The predicted octanol–water partition coefficient (Wildman–Crippen LogP) is 4.56. The van der Waals surface area contributed by atoms with E-state index in [9.17, 15) is 17.2 Å². The second kappa shape index (κ2) is 6.90. The normalized spacial score (nSPS) is 11.1. The van der Waals surface area contributed by atoms with E-state index in [1.54, 1.807) is 42.5 Å². The van der Waals surface area contributed by atoms with Gasteiger partial charge in [-0.25, -0.2) is 17.2 Å². The summed E-state index contributed by atoms with van der Waals surface area (Å²) in [5, 5.41) is 0. The maximum atomic E-state index is 13.8. The Kier molecular flexibility index (Phi) is 4.67. The van der Waals surface area contributed by atoms with E-state index in [1.807, 2.05) is 6.07 Å². The fourth-order valence-electron chi connectivity index (χ4n) is 2.14. The van der Waals surface area contributed by atoms with Crippen molar-refractivity contribution in [3.8, 4) is 11.5 Å². The number of hydrogen-bond donors (Lipinski definition) is 1. The molecule has 4 nitrogen and oxygen atoms in total. The smallest absolute Gasteiger partial charge is 0.265 e. The Labute approximate surface area is 143 Å². The minimum atomic E-state index is -4.33. The van der Waals surface area contributed by atoms with Gasteiger partial charge in [0.25, 0.3) is 10.0 Å². The molecule has 0 fully saturated rings. The number of ether oxygens (including phenoxy) is 1. The average Bonchev–Trinajstić information content (AvgIpc) is 2.59. The van der Waals surface area contributed by atoms with Gasteiger partial charge in [0.1, 0.15) is 22.3 Å². The van der Waals surface area contributed by atoms with Gasteiger partial charge in [-0.1, -0.05) is 30.3 Å². The van der Waals surface area contributed by atoms with Crippen LogP contribution in [0, 0.1) is 11.6 Å². The molecule has 3 rings (SSSR count). The summed E-state index contributed by atoms with van der Waals surface area (Å²) in [5.41, 5.74) is 0.106. The van der Waals surface area contributed by atoms with Crippen molar-refractivity contribution in [2.75, 3.05) is 4.72 Å². The number of para-hydroxylation sites is 3. The van der Waals surface area contributed by atoms with E-state index in [0.717, 1.165) is 12.1 Å². The van der Waals surface area contributed by atoms with Crippen LogP contribution in [0.1, 0.15) is 0 Å². The number of nitrogens with one attached hydrogen (secondary N) is 1. The fraction of sp³-hybridized carbons (Fsp3) is 0. The van der Waals surface area contributed by atoms with E-state index >= 15 is 0 Å². The molecule has 128 valence electrons. The highest BCUT2D eigenvalue weighted by atomic mass is 32.2. The van der Waals surface area contributed by atoms with Crippen molar-refractivity contribution in [2.45, 2.75) is 4.90 Å². The molecule has 0 aliphatic heterocycles. The van der Waals surface area contributed by atoms with Crippen molar-refractivity contribution >= 4 is 15.7 Å². The lowest BCUT2D eigenvalue weighted by Gasteiger charge is -2.13. The van der Waals surface area contributed by atoms with Crippen LogP contribution < -0.4 is 9.46 Å². The summed E-state index contributed by atoms with van der Waals surface area (Å²) in [6, 6.07) is 17.3. The molecule has 3 aromatic carbocycles. The lowest BCUT2D eigenvalue weighted by atomic mass is 10.3. The van der Waals surface area contributed by atoms with Gasteiger partial charge in [-0.15, -0.1) is 0 Å². The summed E-state index contributed by atoms with van der Waals surface area (Å²) >= 11 is 0. The van der Waals surface area contributed by atoms with E-state index in [-0.39, 0.29) is 11.4 Å². The van der Waals surface area contributed by atoms with Crippen molar-refractivity contribution in [2.24, 2.45) is 0 Å². The largest absolute Gasteiger partial charge is 0.455 e. The van der Waals surface area contributed by atoms with E-state index in [2.05, 4.69) is 4.72 Å². The quantitative estimate of drug-likeness (QED) is 0.725. The molecule has 0 saturated carbocycles. The summed E-state index contributed by atoms with van der Waals surface area (Å²) in [7, 11) is -4.33. The fourth-order valence-corrected chi connectivity index (χ4v) is 3.30. The van der Waals surface area contributed by atoms with E-state index in [1.165, 1.54) is 6.07 Å². The summed E-state index contributed by atoms with van der Waals surface area (Å²) in [6.07, 6.45) is 0. The van der Waals surface area contributed by atoms with Gasteiger partial charge in [0.05, 0.1) is 5.69 Å². The summed E-state index contributed by atoms with van der Waals surface area (Å²) in [5.74, 6) is -1.16. The Bertz CT molecular complexity index is 992. The van der Waals surface area contributed by atoms with Gasteiger partial charge >= 0.3 is 0 Å². The van der Waals surface area contributed by atoms with Crippen LogP contribution in [0.4, 0.5) is 14.5 Å². The van der Waals surface area contributed by atoms with E-state index < -0.39 is 26.6 Å². The van der Waals surface area contributed by atoms with Gasteiger partial charge in [-0.3, -0.25) is 4.72 Å². The average molecular weight is 361 g/mol. The highest BCUT2D eigenvalue weighted by Gasteiger charge is 2.21. The first-order valence-electron chi connectivity index (χ1n) is 7.25. The molecule has 0 saturated heterocycles. The third kappa shape index (κ3) is 3.95. The maximum Gasteiger partial charge on any atom is 0.265 e. The lowest BCUT2D eigenvalue weighted by Crippen LogP contribution is -2.15. The molecule has 0 atom stereocenters. The zero-order valence-electron chi connectivity index (χ0n) is 12.8. The summed E-state index contributed by atoms with van der Waals surface area (Å²) in [4.78, 5) is -0.776. The molecule has 7 heteroatoms. The van der Waals surface area contributed by atoms with Gasteiger partial charge in [0, 0.05) is 0 Å². The van der Waals surface area contributed by atoms with Gasteiger partial charge in [-0.05, 0) is 42.5 Å². The second-order valence-electron chi connectivity index (χ2n) is 5.09. The molecule has 25 heavy (non-hydrogen) atoms. The highest BCUT2D eigenvalue weighted by Crippen LogP contribution is 2.31. The predicted molar refractivity (Wildman–Crippen MR) is 90.1 cm³/mol. The van der Waals surface area contributed by atoms with E-state index in [4.69, 9.17) is 4.74 Å². The summed E-state index contributed by atoms with van der Waals surface area (Å²) in [6.45, 7) is 0. The first-order chi connectivity index (χ1) is 12.0. The third-order valence-electron chi connectivity index (χ3n) is 3.29. The Morgan fingerprint density at radius 2 is 1.52 bits per heavy atom. The highest BCUT2D eigenvalue weighted by molar-refractivity contribution is 7.92. The topological polar surface area (TPSA) is 55.4 Å². The number of hydrogen-bond acceptors (Lipinski definition) is 3.